The molecule has 3 aliphatic rings. The molecule has 21 nitrogen and oxygen atoms in total. The molecule has 5 aromatic rings. The average Bonchev–Trinajstić information content (AvgIpc) is 4.21. The first kappa shape index (κ1) is 56.3. The van der Waals surface area contributed by atoms with Gasteiger partial charge in [-0.15, -0.1) is 11.3 Å². The normalized spacial score (nSPS) is 20.0. The van der Waals surface area contributed by atoms with Crippen LogP contribution in [0.5, 0.6) is 11.5 Å². The van der Waals surface area contributed by atoms with Crippen LogP contribution in [0.4, 0.5) is 13.6 Å². The van der Waals surface area contributed by atoms with Crippen LogP contribution in [0.3, 0.4) is 0 Å². The maximum Gasteiger partial charge on any atom is 0.442 e. The zero-order chi connectivity index (χ0) is 55.3. The van der Waals surface area contributed by atoms with Crippen LogP contribution in [-0.4, -0.2) is 123 Å². The molecule has 7 amide bonds. The lowest BCUT2D eigenvalue weighted by atomic mass is 10.0. The van der Waals surface area contributed by atoms with Gasteiger partial charge in [0, 0.05) is 37.2 Å². The lowest BCUT2D eigenvalue weighted by Crippen LogP contribution is -2.61. The molecule has 26 heteroatoms. The Morgan fingerprint density at radius 2 is 1.75 bits per heavy atom. The van der Waals surface area contributed by atoms with Gasteiger partial charge in [0.1, 0.15) is 36.2 Å². The minimum atomic E-state index is -5.28. The Morgan fingerprint density at radius 3 is 2.49 bits per heavy atom. The predicted molar refractivity (Wildman–Crippen MR) is 279 cm³/mol. The second kappa shape index (κ2) is 24.2. The first-order valence-corrected chi connectivity index (χ1v) is 27.9. The number of benzene rings is 3. The summed E-state index contributed by atoms with van der Waals surface area (Å²) >= 11 is 7.88. The van der Waals surface area contributed by atoms with Crippen molar-refractivity contribution < 1.29 is 65.8 Å². The quantitative estimate of drug-likeness (QED) is 0.0357. The molecule has 3 aliphatic heterocycles. The molecule has 2 aromatic heterocycles. The zero-order valence-corrected chi connectivity index (χ0v) is 44.5. The van der Waals surface area contributed by atoms with Crippen LogP contribution in [0.15, 0.2) is 65.5 Å². The van der Waals surface area contributed by atoms with E-state index in [4.69, 9.17) is 26.8 Å². The molecule has 3 aromatic carbocycles. The Kier molecular flexibility index (Phi) is 17.7. The molecule has 0 radical (unpaired) electrons. The monoisotopic (exact) mass is 1130 g/mol. The highest BCUT2D eigenvalue weighted by Crippen LogP contribution is 2.49. The number of methoxy groups -OCH3 is 1. The molecule has 0 spiro atoms. The fourth-order valence-electron chi connectivity index (χ4n) is 10.1. The SMILES string of the molecule is COC(=O)N1CC[C@H]2CC[C@@H](C(=O)N[C@@H](CCC(N)=O)COc3cccc(CCCCCc4ccc5c(c4)n(C)c(=O)n5C4CCC(=O)NC4=O)c3Cl)N2C(=O)[C@@H](NC(=O)c2cc3cc(OP(=O)(O)C(F)F)ccc3s2)C1. The van der Waals surface area contributed by atoms with Crippen molar-refractivity contribution in [3.05, 3.63) is 92.2 Å². The van der Waals surface area contributed by atoms with Crippen molar-refractivity contribution in [2.24, 2.45) is 12.8 Å². The fraction of sp³-hybridized carbons (Fsp3) is 0.451. The summed E-state index contributed by atoms with van der Waals surface area (Å²) < 4.78 is 57.2. The molecule has 3 saturated heterocycles. The lowest BCUT2D eigenvalue weighted by molar-refractivity contribution is -0.143. The van der Waals surface area contributed by atoms with Crippen LogP contribution >= 0.6 is 30.5 Å². The lowest BCUT2D eigenvalue weighted by Gasteiger charge is -2.38. The van der Waals surface area contributed by atoms with E-state index in [0.29, 0.717) is 51.2 Å². The fourth-order valence-corrected chi connectivity index (χ4v) is 11.8. The number of unbranched alkanes of at least 4 members (excludes halogenated alkanes) is 2. The van der Waals surface area contributed by atoms with E-state index in [2.05, 4.69) is 20.5 Å². The molecular weight excluding hydrogens is 1070 g/mol. The largest absolute Gasteiger partial charge is 0.490 e. The van der Waals surface area contributed by atoms with Gasteiger partial charge in [-0.25, -0.2) is 14.2 Å². The van der Waals surface area contributed by atoms with Gasteiger partial charge < -0.3 is 45.1 Å². The van der Waals surface area contributed by atoms with Gasteiger partial charge >= 0.3 is 25.5 Å². The molecule has 2 unspecified atom stereocenters. The van der Waals surface area contributed by atoms with Gasteiger partial charge in [-0.3, -0.25) is 43.2 Å². The number of aryl methyl sites for hydroxylation is 3. The number of carbonyl (C=O) groups is 7. The number of primary amides is 1. The summed E-state index contributed by atoms with van der Waals surface area (Å²) in [6.07, 6.45) is 0.815. The molecule has 412 valence electrons. The number of carbonyl (C=O) groups excluding carboxylic acids is 7. The second-order valence-electron chi connectivity index (χ2n) is 19.3. The van der Waals surface area contributed by atoms with Crippen molar-refractivity contribution in [2.75, 3.05) is 26.8 Å². The maximum atomic E-state index is 14.6. The van der Waals surface area contributed by atoms with Gasteiger partial charge in [0.2, 0.25) is 29.5 Å². The predicted octanol–water partition coefficient (Wildman–Crippen LogP) is 5.69. The zero-order valence-electron chi connectivity index (χ0n) is 42.0. The van der Waals surface area contributed by atoms with E-state index < -0.39 is 79.6 Å². The van der Waals surface area contributed by atoms with E-state index >= 15 is 0 Å². The van der Waals surface area contributed by atoms with Crippen molar-refractivity contribution in [1.82, 2.24) is 34.9 Å². The summed E-state index contributed by atoms with van der Waals surface area (Å²) in [6.45, 7) is -0.289. The third-order valence-corrected chi connectivity index (χ3v) is 16.6. The molecule has 6 atom stereocenters. The highest BCUT2D eigenvalue weighted by molar-refractivity contribution is 7.53. The number of rotatable bonds is 20. The minimum Gasteiger partial charge on any atom is -0.490 e. The Labute approximate surface area is 448 Å². The van der Waals surface area contributed by atoms with E-state index in [-0.39, 0.29) is 74.0 Å². The third-order valence-electron chi connectivity index (χ3n) is 14.1. The van der Waals surface area contributed by atoms with Crippen LogP contribution in [0.25, 0.3) is 21.1 Å². The molecule has 8 rings (SSSR count). The van der Waals surface area contributed by atoms with E-state index in [1.807, 2.05) is 24.3 Å². The number of nitrogens with one attached hydrogen (secondary N) is 3. The average molecular weight is 1130 g/mol. The van der Waals surface area contributed by atoms with Gasteiger partial charge in [-0.05, 0) is 117 Å². The molecule has 0 bridgehead atoms. The molecule has 3 fully saturated rings. The van der Waals surface area contributed by atoms with Crippen molar-refractivity contribution >= 4 is 93.2 Å². The summed E-state index contributed by atoms with van der Waals surface area (Å²) in [5, 5.41) is 8.69. The number of imidazole rings is 1. The number of fused-ring (bicyclic) bond motifs is 3. The van der Waals surface area contributed by atoms with Gasteiger partial charge in [-0.2, -0.15) is 8.78 Å². The highest BCUT2D eigenvalue weighted by atomic mass is 35.5. The summed E-state index contributed by atoms with van der Waals surface area (Å²) in [4.78, 5) is 117. The van der Waals surface area contributed by atoms with Crippen molar-refractivity contribution in [3.63, 3.8) is 0 Å². The summed E-state index contributed by atoms with van der Waals surface area (Å²) in [5.74, 6) is -3.33. The molecule has 6 N–H and O–H groups in total. The van der Waals surface area contributed by atoms with E-state index in [1.54, 1.807) is 19.2 Å². The third kappa shape index (κ3) is 12.9. The van der Waals surface area contributed by atoms with E-state index in [9.17, 15) is 56.6 Å². The Morgan fingerprint density at radius 1 is 0.974 bits per heavy atom. The highest BCUT2D eigenvalue weighted by Gasteiger charge is 2.46. The molecule has 0 saturated carbocycles. The Hall–Kier alpha value is -6.88. The van der Waals surface area contributed by atoms with E-state index in [1.165, 1.54) is 50.3 Å². The van der Waals surface area contributed by atoms with Crippen LogP contribution in [0.2, 0.25) is 5.02 Å². The van der Waals surface area contributed by atoms with Crippen LogP contribution < -0.4 is 36.6 Å². The standard InChI is InChI=1S/C51H58ClF2N8O13PS/c1-59-38-23-28(11-15-35(38)62(50(59)69)37-17-20-43(64)58-46(37)66)7-4-3-5-8-29-9-6-10-39(44(29)52)74-27-31(12-19-42(55)63)56-45(65)36-16-13-32-21-22-60(51(70)73-2)26-34(48(68)61(32)36)57-47(67)41-25-30-24-33(14-18-40(30)77-41)75-76(71,72)49(53)54/h6,9-11,14-15,18,23-25,31-32,34,36-37,49H,3-5,7-8,12-13,16-17,19-22,26-27H2,1-2H3,(H2,55,63)(H,56,65)(H,57,67)(H,71,72)(H,58,64,66)/t31-,32+,34-,36-,37?/m0/s1. The molecule has 77 heavy (non-hydrogen) atoms. The molecule has 0 aliphatic carbocycles. The second-order valence-corrected chi connectivity index (χ2v) is 22.4. The van der Waals surface area contributed by atoms with Crippen molar-refractivity contribution in [1.29, 1.82) is 0 Å². The smallest absolute Gasteiger partial charge is 0.442 e. The number of aromatic nitrogens is 2. The van der Waals surface area contributed by atoms with Crippen LogP contribution in [0.1, 0.15) is 91.0 Å². The number of ether oxygens (including phenoxy) is 2. The first-order chi connectivity index (χ1) is 36.7. The number of nitrogens with zero attached hydrogens (tertiary/aromatic N) is 4. The Bertz CT molecular complexity index is 3220. The number of hydrogen-bond acceptors (Lipinski definition) is 13. The van der Waals surface area contributed by atoms with Gasteiger partial charge in [0.25, 0.3) is 5.91 Å². The summed E-state index contributed by atoms with van der Waals surface area (Å²) in [7, 11) is -2.43. The maximum absolute atomic E-state index is 14.6. The number of hydrogen-bond donors (Lipinski definition) is 5. The first-order valence-electron chi connectivity index (χ1n) is 25.0. The summed E-state index contributed by atoms with van der Waals surface area (Å²) in [5.41, 5.74) is 8.39. The van der Waals surface area contributed by atoms with E-state index in [0.717, 1.165) is 48.1 Å². The van der Waals surface area contributed by atoms with Crippen molar-refractivity contribution in [3.8, 4) is 11.5 Å². The minimum absolute atomic E-state index is 0.0776. The number of nitrogens with two attached hydrogens (primary N) is 1. The number of thiophene rings is 1. The van der Waals surface area contributed by atoms with Crippen LogP contribution in [0, 0.1) is 0 Å². The van der Waals surface area contributed by atoms with Crippen molar-refractivity contribution in [2.45, 2.75) is 113 Å². The molecular formula is C51H58ClF2N8O13PS. The van der Waals surface area contributed by atoms with Crippen LogP contribution in [-0.2, 0) is 53.2 Å². The number of alkyl halides is 2. The number of imide groups is 1. The number of halogens is 3. The molecule has 5 heterocycles. The van der Waals surface area contributed by atoms with Gasteiger partial charge in [-0.1, -0.05) is 36.2 Å². The van der Waals surface area contributed by atoms with Gasteiger partial charge in [0.15, 0.2) is 0 Å². The topological polar surface area (TPSA) is 280 Å². The Balaban J connectivity index is 0.887. The number of amides is 7. The van der Waals surface area contributed by atoms with Gasteiger partial charge in [0.05, 0.1) is 40.6 Å². The summed E-state index contributed by atoms with van der Waals surface area (Å²) in [6, 6.07) is 11.9. The number of piperidine rings is 1.